The van der Waals surface area contributed by atoms with Gasteiger partial charge in [-0.1, -0.05) is 25.1 Å². The Morgan fingerprint density at radius 1 is 1.31 bits per heavy atom. The highest BCUT2D eigenvalue weighted by Gasteiger charge is 2.44. The molecule has 5 nitrogen and oxygen atoms in total. The summed E-state index contributed by atoms with van der Waals surface area (Å²) in [6, 6.07) is -0.695. The molecule has 1 saturated carbocycles. The maximum atomic E-state index is 12.0. The zero-order valence-electron chi connectivity index (χ0n) is 9.29. The Hall–Kier alpha value is -1.17. The molecule has 90 valence electrons. The van der Waals surface area contributed by atoms with Crippen molar-refractivity contribution in [1.29, 1.82) is 0 Å². The highest BCUT2D eigenvalue weighted by molar-refractivity contribution is 7.80. The second-order valence-corrected chi connectivity index (χ2v) is 4.69. The maximum absolute atomic E-state index is 12.0. The van der Waals surface area contributed by atoms with Gasteiger partial charge < -0.3 is 16.8 Å². The van der Waals surface area contributed by atoms with Gasteiger partial charge in [0.05, 0.1) is 10.4 Å². The van der Waals surface area contributed by atoms with Crippen LogP contribution < -0.4 is 16.8 Å². The monoisotopic (exact) mass is 243 g/mol. The first-order chi connectivity index (χ1) is 7.40. The van der Waals surface area contributed by atoms with Crippen LogP contribution in [0.1, 0.15) is 32.6 Å². The molecular weight excluding hydrogens is 226 g/mol. The van der Waals surface area contributed by atoms with Crippen LogP contribution in [0.15, 0.2) is 0 Å². The van der Waals surface area contributed by atoms with E-state index in [1.807, 2.05) is 0 Å². The van der Waals surface area contributed by atoms with E-state index in [1.165, 1.54) is 0 Å². The van der Waals surface area contributed by atoms with Crippen LogP contribution in [0.25, 0.3) is 0 Å². The van der Waals surface area contributed by atoms with Crippen LogP contribution in [-0.2, 0) is 9.59 Å². The van der Waals surface area contributed by atoms with Crippen molar-refractivity contribution in [2.24, 2.45) is 16.9 Å². The van der Waals surface area contributed by atoms with Gasteiger partial charge in [0, 0.05) is 0 Å². The van der Waals surface area contributed by atoms with Gasteiger partial charge in [-0.25, -0.2) is 0 Å². The summed E-state index contributed by atoms with van der Waals surface area (Å²) in [5.74, 6) is -0.840. The van der Waals surface area contributed by atoms with Crippen molar-refractivity contribution in [3.63, 3.8) is 0 Å². The molecule has 0 radical (unpaired) electrons. The molecule has 2 amide bonds. The number of carbonyl (C=O) groups excluding carboxylic acids is 2. The van der Waals surface area contributed by atoms with E-state index in [-0.39, 0.29) is 10.9 Å². The molecule has 1 aliphatic rings. The molecule has 6 heteroatoms. The fourth-order valence-corrected chi connectivity index (χ4v) is 2.27. The Balaban J connectivity index is 2.77. The molecule has 0 heterocycles. The van der Waals surface area contributed by atoms with Gasteiger partial charge in [0.2, 0.25) is 11.8 Å². The van der Waals surface area contributed by atoms with Crippen molar-refractivity contribution in [1.82, 2.24) is 5.32 Å². The second kappa shape index (κ2) is 4.78. The number of thiocarbonyl (C=S) groups is 1. The third-order valence-electron chi connectivity index (χ3n) is 3.14. The first-order valence-corrected chi connectivity index (χ1v) is 5.71. The molecule has 0 aliphatic heterocycles. The van der Waals surface area contributed by atoms with Gasteiger partial charge in [-0.3, -0.25) is 9.59 Å². The van der Waals surface area contributed by atoms with Gasteiger partial charge in [-0.15, -0.1) is 0 Å². The summed E-state index contributed by atoms with van der Waals surface area (Å²) < 4.78 is 0. The zero-order valence-corrected chi connectivity index (χ0v) is 10.1. The van der Waals surface area contributed by atoms with E-state index in [2.05, 4.69) is 5.32 Å². The number of hydrogen-bond acceptors (Lipinski definition) is 3. The van der Waals surface area contributed by atoms with Crippen molar-refractivity contribution < 1.29 is 9.59 Å². The largest absolute Gasteiger partial charge is 0.392 e. The smallest absolute Gasteiger partial charge is 0.239 e. The van der Waals surface area contributed by atoms with Crippen molar-refractivity contribution in [2.45, 2.75) is 38.6 Å². The van der Waals surface area contributed by atoms with E-state index in [1.54, 1.807) is 6.92 Å². The highest BCUT2D eigenvalue weighted by atomic mass is 32.1. The Kier molecular flexibility index (Phi) is 3.85. The van der Waals surface area contributed by atoms with E-state index in [9.17, 15) is 9.59 Å². The van der Waals surface area contributed by atoms with Crippen molar-refractivity contribution in [3.8, 4) is 0 Å². The van der Waals surface area contributed by atoms with Crippen LogP contribution in [-0.4, -0.2) is 22.8 Å². The highest BCUT2D eigenvalue weighted by Crippen LogP contribution is 2.38. The minimum absolute atomic E-state index is 0.208. The number of amides is 2. The number of rotatable bonds is 4. The van der Waals surface area contributed by atoms with Crippen LogP contribution >= 0.6 is 12.2 Å². The summed E-state index contributed by atoms with van der Waals surface area (Å²) in [7, 11) is 0. The summed E-state index contributed by atoms with van der Waals surface area (Å²) in [5.41, 5.74) is 9.95. The number of nitrogens with two attached hydrogens (primary N) is 2. The van der Waals surface area contributed by atoms with Gasteiger partial charge in [0.1, 0.15) is 6.04 Å². The minimum atomic E-state index is -0.779. The normalized spacial score (nSPS) is 20.1. The van der Waals surface area contributed by atoms with Gasteiger partial charge in [0.25, 0.3) is 0 Å². The maximum Gasteiger partial charge on any atom is 0.239 e. The number of hydrogen-bond donors (Lipinski definition) is 3. The molecule has 5 N–H and O–H groups in total. The molecule has 1 atom stereocenters. The molecule has 16 heavy (non-hydrogen) atoms. The summed E-state index contributed by atoms with van der Waals surface area (Å²) in [6.07, 6.45) is 3.16. The van der Waals surface area contributed by atoms with E-state index in [4.69, 9.17) is 23.7 Å². The minimum Gasteiger partial charge on any atom is -0.392 e. The molecular formula is C10H17N3O2S. The van der Waals surface area contributed by atoms with Crippen LogP contribution in [0.3, 0.4) is 0 Å². The SMILES string of the molecule is CC(NC(=O)C1(C(N)=S)CCCC1)C(N)=O. The van der Waals surface area contributed by atoms with Gasteiger partial charge >= 0.3 is 0 Å². The van der Waals surface area contributed by atoms with Crippen molar-refractivity contribution >= 4 is 29.0 Å². The molecule has 1 aliphatic carbocycles. The lowest BCUT2D eigenvalue weighted by molar-refractivity contribution is -0.131. The van der Waals surface area contributed by atoms with Crippen LogP contribution in [0.4, 0.5) is 0 Å². The number of nitrogens with one attached hydrogen (secondary N) is 1. The lowest BCUT2D eigenvalue weighted by Gasteiger charge is -2.27. The zero-order chi connectivity index (χ0) is 12.3. The molecule has 0 aromatic heterocycles. The molecule has 0 aromatic rings. The molecule has 1 unspecified atom stereocenters. The predicted octanol–water partition coefficient (Wildman–Crippen LogP) is -0.177. The lowest BCUT2D eigenvalue weighted by Crippen LogP contribution is -2.52. The van der Waals surface area contributed by atoms with Crippen molar-refractivity contribution in [3.05, 3.63) is 0 Å². The number of primary amides is 1. The van der Waals surface area contributed by atoms with Gasteiger partial charge in [-0.05, 0) is 19.8 Å². The topological polar surface area (TPSA) is 98.2 Å². The van der Waals surface area contributed by atoms with E-state index in [0.29, 0.717) is 12.8 Å². The summed E-state index contributed by atoms with van der Waals surface area (Å²) in [6.45, 7) is 1.54. The Morgan fingerprint density at radius 3 is 2.19 bits per heavy atom. The number of carbonyl (C=O) groups is 2. The first-order valence-electron chi connectivity index (χ1n) is 5.30. The van der Waals surface area contributed by atoms with E-state index >= 15 is 0 Å². The molecule has 1 fully saturated rings. The average Bonchev–Trinajstić information content (AvgIpc) is 2.66. The molecule has 0 bridgehead atoms. The molecule has 0 saturated heterocycles. The van der Waals surface area contributed by atoms with Crippen molar-refractivity contribution in [2.75, 3.05) is 0 Å². The molecule has 0 spiro atoms. The molecule has 1 rings (SSSR count). The average molecular weight is 243 g/mol. The van der Waals surface area contributed by atoms with Gasteiger partial charge in [0.15, 0.2) is 0 Å². The van der Waals surface area contributed by atoms with Crippen LogP contribution in [0, 0.1) is 5.41 Å². The fourth-order valence-electron chi connectivity index (χ4n) is 1.97. The van der Waals surface area contributed by atoms with E-state index < -0.39 is 17.4 Å². The second-order valence-electron chi connectivity index (χ2n) is 4.25. The van der Waals surface area contributed by atoms with E-state index in [0.717, 1.165) is 12.8 Å². The summed E-state index contributed by atoms with van der Waals surface area (Å²) in [4.78, 5) is 23.1. The predicted molar refractivity (Wildman–Crippen MR) is 64.5 cm³/mol. The first kappa shape index (κ1) is 12.9. The summed E-state index contributed by atoms with van der Waals surface area (Å²) >= 11 is 4.96. The Bertz CT molecular complexity index is 324. The quantitative estimate of drug-likeness (QED) is 0.597. The lowest BCUT2D eigenvalue weighted by atomic mass is 9.85. The van der Waals surface area contributed by atoms with Crippen LogP contribution in [0.2, 0.25) is 0 Å². The summed E-state index contributed by atoms with van der Waals surface area (Å²) in [5, 5.41) is 2.56. The third-order valence-corrected chi connectivity index (χ3v) is 3.53. The standard InChI is InChI=1S/C10H17N3O2S/c1-6(7(11)14)13-9(15)10(8(12)16)4-2-3-5-10/h6H,2-5H2,1H3,(H2,11,14)(H2,12,16)(H,13,15). The fraction of sp³-hybridized carbons (Fsp3) is 0.700. The third kappa shape index (κ3) is 2.32. The Labute approximate surface area is 99.9 Å². The van der Waals surface area contributed by atoms with Crippen LogP contribution in [0.5, 0.6) is 0 Å². The van der Waals surface area contributed by atoms with Gasteiger partial charge in [-0.2, -0.15) is 0 Å². The molecule has 0 aromatic carbocycles. The Morgan fingerprint density at radius 2 is 1.81 bits per heavy atom.